The van der Waals surface area contributed by atoms with Gasteiger partial charge < -0.3 is 9.15 Å². The van der Waals surface area contributed by atoms with Gasteiger partial charge in [0.15, 0.2) is 6.29 Å². The third kappa shape index (κ3) is 2.09. The van der Waals surface area contributed by atoms with Crippen molar-refractivity contribution in [1.82, 2.24) is 9.78 Å². The molecule has 0 saturated carbocycles. The summed E-state index contributed by atoms with van der Waals surface area (Å²) in [5.74, 6) is 0.770. The number of aldehydes is 1. The Morgan fingerprint density at radius 1 is 1.25 bits per heavy atom. The summed E-state index contributed by atoms with van der Waals surface area (Å²) in [6.45, 7) is 0. The number of rotatable bonds is 4. The molecule has 0 saturated heterocycles. The van der Waals surface area contributed by atoms with Crippen LogP contribution in [0.2, 0.25) is 0 Å². The molecular formula is C15H12N2O3. The molecule has 2 heterocycles. The normalized spacial score (nSPS) is 10.4. The summed E-state index contributed by atoms with van der Waals surface area (Å²) in [4.78, 5) is 11.2. The van der Waals surface area contributed by atoms with Crippen LogP contribution in [0.5, 0.6) is 5.75 Å². The van der Waals surface area contributed by atoms with Crippen LogP contribution in [0.25, 0.3) is 16.9 Å². The summed E-state index contributed by atoms with van der Waals surface area (Å²) in [6, 6.07) is 9.21. The zero-order valence-electron chi connectivity index (χ0n) is 10.8. The van der Waals surface area contributed by atoms with Gasteiger partial charge in [0, 0.05) is 11.8 Å². The van der Waals surface area contributed by atoms with Crippen LogP contribution in [0.3, 0.4) is 0 Å². The van der Waals surface area contributed by atoms with Gasteiger partial charge in [0.05, 0.1) is 30.9 Å². The van der Waals surface area contributed by atoms with Gasteiger partial charge in [-0.3, -0.25) is 4.79 Å². The Morgan fingerprint density at radius 3 is 2.65 bits per heavy atom. The standard InChI is InChI=1S/C15H12N2O3/c1-19-14-4-2-13(3-5-14)17-8-12(9-18)15(16-17)11-6-7-20-10-11/h2-10H,1H3. The van der Waals surface area contributed by atoms with E-state index in [2.05, 4.69) is 5.10 Å². The fourth-order valence-corrected chi connectivity index (χ4v) is 1.96. The fourth-order valence-electron chi connectivity index (χ4n) is 1.96. The Morgan fingerprint density at radius 2 is 2.05 bits per heavy atom. The average molecular weight is 268 g/mol. The molecule has 0 spiro atoms. The Balaban J connectivity index is 2.04. The maximum atomic E-state index is 11.2. The lowest BCUT2D eigenvalue weighted by atomic mass is 10.2. The second-order valence-corrected chi connectivity index (χ2v) is 4.21. The molecule has 5 heteroatoms. The van der Waals surface area contributed by atoms with E-state index < -0.39 is 0 Å². The SMILES string of the molecule is COc1ccc(-n2cc(C=O)c(-c3ccoc3)n2)cc1. The van der Waals surface area contributed by atoms with Crippen molar-refractivity contribution in [3.05, 3.63) is 54.6 Å². The van der Waals surface area contributed by atoms with Crippen LogP contribution in [-0.4, -0.2) is 23.2 Å². The van der Waals surface area contributed by atoms with Gasteiger partial charge in [0.2, 0.25) is 0 Å². The molecule has 1 aromatic carbocycles. The number of carbonyl (C=O) groups is 1. The molecule has 20 heavy (non-hydrogen) atoms. The van der Waals surface area contributed by atoms with E-state index in [0.717, 1.165) is 23.3 Å². The molecule has 0 fully saturated rings. The lowest BCUT2D eigenvalue weighted by Gasteiger charge is -2.03. The number of benzene rings is 1. The molecule has 0 radical (unpaired) electrons. The molecule has 0 bridgehead atoms. The molecule has 100 valence electrons. The van der Waals surface area contributed by atoms with Crippen molar-refractivity contribution < 1.29 is 13.9 Å². The van der Waals surface area contributed by atoms with Gasteiger partial charge in [-0.25, -0.2) is 4.68 Å². The lowest BCUT2D eigenvalue weighted by molar-refractivity contribution is 0.112. The average Bonchev–Trinajstić information content (AvgIpc) is 3.16. The highest BCUT2D eigenvalue weighted by Gasteiger charge is 2.12. The largest absolute Gasteiger partial charge is 0.497 e. The van der Waals surface area contributed by atoms with Crippen LogP contribution in [0.15, 0.2) is 53.5 Å². The van der Waals surface area contributed by atoms with E-state index in [9.17, 15) is 4.79 Å². The summed E-state index contributed by atoms with van der Waals surface area (Å²) in [6.07, 6.45) is 5.59. The third-order valence-corrected chi connectivity index (χ3v) is 3.00. The van der Waals surface area contributed by atoms with Gasteiger partial charge in [0.25, 0.3) is 0 Å². The van der Waals surface area contributed by atoms with Crippen molar-refractivity contribution in [3.63, 3.8) is 0 Å². The topological polar surface area (TPSA) is 57.3 Å². The highest BCUT2D eigenvalue weighted by molar-refractivity contribution is 5.85. The fraction of sp³-hybridized carbons (Fsp3) is 0.0667. The monoisotopic (exact) mass is 268 g/mol. The van der Waals surface area contributed by atoms with Crippen LogP contribution in [0.1, 0.15) is 10.4 Å². The number of ether oxygens (including phenoxy) is 1. The molecule has 0 aliphatic rings. The Labute approximate surface area is 115 Å². The second-order valence-electron chi connectivity index (χ2n) is 4.21. The number of carbonyl (C=O) groups excluding carboxylic acids is 1. The van der Waals surface area contributed by atoms with Crippen LogP contribution in [0, 0.1) is 0 Å². The van der Waals surface area contributed by atoms with Crippen molar-refractivity contribution in [1.29, 1.82) is 0 Å². The predicted molar refractivity (Wildman–Crippen MR) is 73.2 cm³/mol. The Bertz CT molecular complexity index is 712. The molecular weight excluding hydrogens is 256 g/mol. The zero-order valence-corrected chi connectivity index (χ0v) is 10.8. The van der Waals surface area contributed by atoms with E-state index in [1.807, 2.05) is 24.3 Å². The molecule has 3 aromatic rings. The number of furan rings is 1. The summed E-state index contributed by atoms with van der Waals surface area (Å²) in [5.41, 5.74) is 2.75. The quantitative estimate of drug-likeness (QED) is 0.683. The first-order valence-electron chi connectivity index (χ1n) is 6.03. The van der Waals surface area contributed by atoms with E-state index in [-0.39, 0.29) is 0 Å². The van der Waals surface area contributed by atoms with Crippen LogP contribution >= 0.6 is 0 Å². The van der Waals surface area contributed by atoms with Gasteiger partial charge in [-0.2, -0.15) is 5.10 Å². The molecule has 0 aliphatic carbocycles. The van der Waals surface area contributed by atoms with Crippen molar-refractivity contribution in [2.45, 2.75) is 0 Å². The minimum atomic E-state index is 0.516. The summed E-state index contributed by atoms with van der Waals surface area (Å²) < 4.78 is 11.8. The van der Waals surface area contributed by atoms with Crippen LogP contribution in [-0.2, 0) is 0 Å². The zero-order chi connectivity index (χ0) is 13.9. The number of hydrogen-bond acceptors (Lipinski definition) is 4. The number of aromatic nitrogens is 2. The minimum absolute atomic E-state index is 0.516. The van der Waals surface area contributed by atoms with Crippen molar-refractivity contribution in [3.8, 4) is 22.7 Å². The maximum absolute atomic E-state index is 11.2. The van der Waals surface area contributed by atoms with E-state index in [1.165, 1.54) is 0 Å². The van der Waals surface area contributed by atoms with Gasteiger partial charge >= 0.3 is 0 Å². The summed E-state index contributed by atoms with van der Waals surface area (Å²) >= 11 is 0. The predicted octanol–water partition coefficient (Wildman–Crippen LogP) is 2.95. The van der Waals surface area contributed by atoms with Crippen LogP contribution < -0.4 is 4.74 Å². The van der Waals surface area contributed by atoms with E-state index >= 15 is 0 Å². The lowest BCUT2D eigenvalue weighted by Crippen LogP contribution is -1.94. The van der Waals surface area contributed by atoms with E-state index in [1.54, 1.807) is 36.6 Å². The molecule has 0 aliphatic heterocycles. The molecule has 2 aromatic heterocycles. The number of nitrogens with zero attached hydrogens (tertiary/aromatic N) is 2. The van der Waals surface area contributed by atoms with Gasteiger partial charge in [-0.05, 0) is 30.3 Å². The van der Waals surface area contributed by atoms with Gasteiger partial charge in [-0.15, -0.1) is 0 Å². The highest BCUT2D eigenvalue weighted by Crippen LogP contribution is 2.23. The van der Waals surface area contributed by atoms with Crippen molar-refractivity contribution in [2.24, 2.45) is 0 Å². The molecule has 0 unspecified atom stereocenters. The van der Waals surface area contributed by atoms with Crippen molar-refractivity contribution >= 4 is 6.29 Å². The Kier molecular flexibility index (Phi) is 3.09. The highest BCUT2D eigenvalue weighted by atomic mass is 16.5. The van der Waals surface area contributed by atoms with Crippen molar-refractivity contribution in [2.75, 3.05) is 7.11 Å². The van der Waals surface area contributed by atoms with Gasteiger partial charge in [0.1, 0.15) is 11.4 Å². The Hall–Kier alpha value is -2.82. The first kappa shape index (κ1) is 12.2. The minimum Gasteiger partial charge on any atom is -0.497 e. The smallest absolute Gasteiger partial charge is 0.153 e. The first-order valence-corrected chi connectivity index (χ1v) is 6.03. The molecule has 3 rings (SSSR count). The van der Waals surface area contributed by atoms with Gasteiger partial charge in [-0.1, -0.05) is 0 Å². The molecule has 0 amide bonds. The van der Waals surface area contributed by atoms with E-state index in [0.29, 0.717) is 11.3 Å². The number of hydrogen-bond donors (Lipinski definition) is 0. The third-order valence-electron chi connectivity index (χ3n) is 3.00. The first-order chi connectivity index (χ1) is 9.81. The van der Waals surface area contributed by atoms with Crippen LogP contribution in [0.4, 0.5) is 0 Å². The molecule has 0 atom stereocenters. The molecule has 5 nitrogen and oxygen atoms in total. The summed E-state index contributed by atoms with van der Waals surface area (Å²) in [7, 11) is 1.62. The summed E-state index contributed by atoms with van der Waals surface area (Å²) in [5, 5.41) is 4.43. The number of methoxy groups -OCH3 is 1. The second kappa shape index (κ2) is 5.05. The molecule has 0 N–H and O–H groups in total. The van der Waals surface area contributed by atoms with E-state index in [4.69, 9.17) is 9.15 Å². The maximum Gasteiger partial charge on any atom is 0.153 e.